The number of hydrogen-bond donors (Lipinski definition) is 1. The van der Waals surface area contributed by atoms with Crippen molar-refractivity contribution in [3.63, 3.8) is 0 Å². The lowest BCUT2D eigenvalue weighted by molar-refractivity contribution is 0.603. The summed E-state index contributed by atoms with van der Waals surface area (Å²) in [6.45, 7) is 2.17. The van der Waals surface area contributed by atoms with E-state index in [1.165, 1.54) is 24.6 Å². The van der Waals surface area contributed by atoms with E-state index in [2.05, 4.69) is 16.6 Å². The van der Waals surface area contributed by atoms with E-state index in [1.807, 2.05) is 12.1 Å². The van der Waals surface area contributed by atoms with Gasteiger partial charge in [0.05, 0.1) is 6.20 Å². The smallest absolute Gasteiger partial charge is 0.273 e. The first-order chi connectivity index (χ1) is 10.0. The zero-order valence-electron chi connectivity index (χ0n) is 11.7. The number of nitrogens with one attached hydrogen (secondary N) is 1. The molecule has 114 valence electrons. The van der Waals surface area contributed by atoms with Crippen LogP contribution in [0.15, 0.2) is 34.7 Å². The Morgan fingerprint density at radius 1 is 1.24 bits per heavy atom. The summed E-state index contributed by atoms with van der Waals surface area (Å²) in [5.41, 5.74) is 1.76. The predicted molar refractivity (Wildman–Crippen MR) is 87.6 cm³/mol. The van der Waals surface area contributed by atoms with Crippen molar-refractivity contribution in [3.05, 3.63) is 40.5 Å². The van der Waals surface area contributed by atoms with Crippen molar-refractivity contribution in [2.45, 2.75) is 36.8 Å². The van der Waals surface area contributed by atoms with Crippen LogP contribution >= 0.6 is 22.9 Å². The molecule has 1 N–H and O–H groups in total. The number of unbranched alkanes of at least 4 members (excludes halogenated alkanes) is 2. The van der Waals surface area contributed by atoms with Gasteiger partial charge in [-0.2, -0.15) is 0 Å². The maximum atomic E-state index is 12.1. The van der Waals surface area contributed by atoms with Crippen LogP contribution in [0.2, 0.25) is 4.47 Å². The molecule has 21 heavy (non-hydrogen) atoms. The Hall–Kier alpha value is -1.11. The number of aromatic nitrogens is 1. The molecule has 1 aromatic heterocycles. The molecule has 2 aromatic rings. The van der Waals surface area contributed by atoms with E-state index in [4.69, 9.17) is 11.6 Å². The zero-order valence-corrected chi connectivity index (χ0v) is 14.1. The number of halogens is 1. The summed E-state index contributed by atoms with van der Waals surface area (Å²) >= 11 is 6.60. The maximum Gasteiger partial charge on any atom is 0.273 e. The molecule has 0 aliphatic heterocycles. The quantitative estimate of drug-likeness (QED) is 0.760. The molecule has 0 atom stereocenters. The largest absolute Gasteiger partial charge is 0.279 e. The van der Waals surface area contributed by atoms with Crippen LogP contribution in [0.3, 0.4) is 0 Å². The van der Waals surface area contributed by atoms with Gasteiger partial charge < -0.3 is 0 Å². The van der Waals surface area contributed by atoms with Crippen LogP contribution in [0.5, 0.6) is 0 Å². The Labute approximate surface area is 134 Å². The molecule has 7 heteroatoms. The second-order valence-electron chi connectivity index (χ2n) is 4.69. The average Bonchev–Trinajstić information content (AvgIpc) is 2.88. The minimum Gasteiger partial charge on any atom is -0.279 e. The van der Waals surface area contributed by atoms with Crippen LogP contribution in [-0.4, -0.2) is 13.4 Å². The van der Waals surface area contributed by atoms with E-state index in [1.54, 1.807) is 12.1 Å². The fraction of sp³-hybridized carbons (Fsp3) is 0.357. The van der Waals surface area contributed by atoms with Crippen molar-refractivity contribution in [2.75, 3.05) is 4.72 Å². The summed E-state index contributed by atoms with van der Waals surface area (Å²) in [5, 5.41) is 0. The van der Waals surface area contributed by atoms with Crippen molar-refractivity contribution >= 4 is 38.6 Å². The van der Waals surface area contributed by atoms with Gasteiger partial charge in [-0.05, 0) is 30.5 Å². The number of sulfonamides is 1. The highest BCUT2D eigenvalue weighted by atomic mass is 35.5. The molecular weight excluding hydrogens is 328 g/mol. The van der Waals surface area contributed by atoms with Gasteiger partial charge in [0, 0.05) is 5.69 Å². The van der Waals surface area contributed by atoms with Gasteiger partial charge in [-0.3, -0.25) is 4.72 Å². The highest BCUT2D eigenvalue weighted by molar-refractivity contribution is 7.94. The molecule has 0 amide bonds. The number of rotatable bonds is 7. The number of anilines is 1. The molecule has 0 aliphatic rings. The molecule has 0 saturated heterocycles. The summed E-state index contributed by atoms with van der Waals surface area (Å²) in [5.74, 6) is 0. The summed E-state index contributed by atoms with van der Waals surface area (Å²) in [6.07, 6.45) is 5.83. The van der Waals surface area contributed by atoms with Gasteiger partial charge in [0.25, 0.3) is 10.0 Å². The number of nitrogens with zero attached hydrogens (tertiary/aromatic N) is 1. The molecule has 0 bridgehead atoms. The van der Waals surface area contributed by atoms with Gasteiger partial charge in [0.1, 0.15) is 0 Å². The molecule has 0 saturated carbocycles. The average molecular weight is 345 g/mol. The molecule has 0 aliphatic carbocycles. The zero-order chi connectivity index (χ0) is 15.3. The lowest BCUT2D eigenvalue weighted by Crippen LogP contribution is -2.11. The first-order valence-electron chi connectivity index (χ1n) is 6.74. The Balaban J connectivity index is 2.03. The minimum atomic E-state index is -3.60. The molecule has 0 fully saturated rings. The monoisotopic (exact) mass is 344 g/mol. The van der Waals surface area contributed by atoms with Gasteiger partial charge >= 0.3 is 0 Å². The van der Waals surface area contributed by atoms with Crippen molar-refractivity contribution in [1.82, 2.24) is 4.98 Å². The lowest BCUT2D eigenvalue weighted by atomic mass is 10.1. The highest BCUT2D eigenvalue weighted by Gasteiger charge is 2.17. The predicted octanol–water partition coefficient (Wildman–Crippen LogP) is 4.33. The first kappa shape index (κ1) is 16.3. The Bertz CT molecular complexity index is 681. The SMILES string of the molecule is CCCCCc1ccc(NS(=O)(=O)c2cnc(Cl)s2)cc1. The molecule has 1 aromatic carbocycles. The van der Waals surface area contributed by atoms with Crippen LogP contribution in [-0.2, 0) is 16.4 Å². The number of benzene rings is 1. The van der Waals surface area contributed by atoms with Crippen LogP contribution in [0.25, 0.3) is 0 Å². The van der Waals surface area contributed by atoms with E-state index >= 15 is 0 Å². The second-order valence-corrected chi connectivity index (χ2v) is 8.21. The van der Waals surface area contributed by atoms with E-state index in [9.17, 15) is 8.42 Å². The number of aryl methyl sites for hydroxylation is 1. The number of hydrogen-bond acceptors (Lipinski definition) is 4. The summed E-state index contributed by atoms with van der Waals surface area (Å²) in [7, 11) is -3.60. The van der Waals surface area contributed by atoms with Gasteiger partial charge in [-0.1, -0.05) is 54.8 Å². The van der Waals surface area contributed by atoms with E-state index in [0.29, 0.717) is 5.69 Å². The third-order valence-corrected chi connectivity index (χ3v) is 5.95. The van der Waals surface area contributed by atoms with Gasteiger partial charge in [0.2, 0.25) is 0 Å². The molecule has 4 nitrogen and oxygen atoms in total. The molecule has 0 radical (unpaired) electrons. The molecule has 0 spiro atoms. The van der Waals surface area contributed by atoms with Crippen LogP contribution in [0.4, 0.5) is 5.69 Å². The summed E-state index contributed by atoms with van der Waals surface area (Å²) in [6, 6.07) is 7.46. The van der Waals surface area contributed by atoms with Crippen LogP contribution < -0.4 is 4.72 Å². The first-order valence-corrected chi connectivity index (χ1v) is 9.42. The molecule has 1 heterocycles. The molecule has 0 unspecified atom stereocenters. The van der Waals surface area contributed by atoms with Gasteiger partial charge in [-0.15, -0.1) is 0 Å². The summed E-state index contributed by atoms with van der Waals surface area (Å²) in [4.78, 5) is 3.75. The maximum absolute atomic E-state index is 12.1. The van der Waals surface area contributed by atoms with Crippen molar-refractivity contribution in [2.24, 2.45) is 0 Å². The molecular formula is C14H17ClN2O2S2. The fourth-order valence-electron chi connectivity index (χ4n) is 1.89. The topological polar surface area (TPSA) is 59.1 Å². The van der Waals surface area contributed by atoms with E-state index in [-0.39, 0.29) is 8.68 Å². The fourth-order valence-corrected chi connectivity index (χ4v) is 4.24. The van der Waals surface area contributed by atoms with Crippen LogP contribution in [0, 0.1) is 0 Å². The Morgan fingerprint density at radius 2 is 1.95 bits per heavy atom. The third kappa shape index (κ3) is 4.69. The van der Waals surface area contributed by atoms with E-state index in [0.717, 1.165) is 24.2 Å². The highest BCUT2D eigenvalue weighted by Crippen LogP contribution is 2.24. The van der Waals surface area contributed by atoms with E-state index < -0.39 is 10.0 Å². The minimum absolute atomic E-state index is 0.111. The Morgan fingerprint density at radius 3 is 2.52 bits per heavy atom. The molecule has 2 rings (SSSR count). The van der Waals surface area contributed by atoms with Crippen molar-refractivity contribution < 1.29 is 8.42 Å². The standard InChI is InChI=1S/C14H17ClN2O2S2/c1-2-3-4-5-11-6-8-12(9-7-11)17-21(18,19)13-10-16-14(15)20-13/h6-10,17H,2-5H2,1H3. The van der Waals surface area contributed by atoms with Crippen molar-refractivity contribution in [3.8, 4) is 0 Å². The second kappa shape index (κ2) is 7.24. The number of thiazole rings is 1. The Kier molecular flexibility index (Phi) is 5.61. The van der Waals surface area contributed by atoms with Crippen molar-refractivity contribution in [1.29, 1.82) is 0 Å². The summed E-state index contributed by atoms with van der Waals surface area (Å²) < 4.78 is 27.1. The van der Waals surface area contributed by atoms with Crippen LogP contribution in [0.1, 0.15) is 31.7 Å². The third-order valence-electron chi connectivity index (χ3n) is 3.00. The van der Waals surface area contributed by atoms with Gasteiger partial charge in [-0.25, -0.2) is 13.4 Å². The van der Waals surface area contributed by atoms with Gasteiger partial charge in [0.15, 0.2) is 8.68 Å². The lowest BCUT2D eigenvalue weighted by Gasteiger charge is -2.07. The normalized spacial score (nSPS) is 11.5.